The highest BCUT2D eigenvalue weighted by atomic mass is 35.5. The Labute approximate surface area is 120 Å². The molecule has 0 spiro atoms. The zero-order valence-corrected chi connectivity index (χ0v) is 12.4. The minimum absolute atomic E-state index is 0.498. The van der Waals surface area contributed by atoms with Gasteiger partial charge in [-0.05, 0) is 32.4 Å². The summed E-state index contributed by atoms with van der Waals surface area (Å²) in [7, 11) is 0. The summed E-state index contributed by atoms with van der Waals surface area (Å²) in [5.74, 6) is 0.648. The normalized spacial score (nSPS) is 11.2. The lowest BCUT2D eigenvalue weighted by Crippen LogP contribution is -1.93. The molecule has 2 aromatic heterocycles. The van der Waals surface area contributed by atoms with Gasteiger partial charge in [-0.3, -0.25) is 0 Å². The van der Waals surface area contributed by atoms with Crippen molar-refractivity contribution in [2.24, 2.45) is 0 Å². The number of benzene rings is 1. The van der Waals surface area contributed by atoms with Gasteiger partial charge in [0.25, 0.3) is 0 Å². The highest BCUT2D eigenvalue weighted by molar-refractivity contribution is 7.14. The number of hydrogen-bond donors (Lipinski definition) is 0. The first kappa shape index (κ1) is 12.5. The SMILES string of the molecule is Cc1cc(C)c2nc(-c3cnc(C)s3)nc(Cl)c2c1. The van der Waals surface area contributed by atoms with Gasteiger partial charge in [0.05, 0.1) is 15.4 Å². The van der Waals surface area contributed by atoms with Crippen molar-refractivity contribution < 1.29 is 0 Å². The van der Waals surface area contributed by atoms with E-state index in [1.165, 1.54) is 0 Å². The van der Waals surface area contributed by atoms with Gasteiger partial charge in [-0.15, -0.1) is 11.3 Å². The minimum Gasteiger partial charge on any atom is -0.249 e. The number of nitrogens with zero attached hydrogens (tertiary/aromatic N) is 3. The molecule has 19 heavy (non-hydrogen) atoms. The molecule has 0 amide bonds. The van der Waals surface area contributed by atoms with Crippen molar-refractivity contribution in [3.63, 3.8) is 0 Å². The van der Waals surface area contributed by atoms with Crippen molar-refractivity contribution in [3.8, 4) is 10.7 Å². The standard InChI is InChI=1S/C14H12ClN3S/c1-7-4-8(2)12-10(5-7)13(15)18-14(17-12)11-6-16-9(3)19-11/h4-6H,1-3H3. The number of aryl methyl sites for hydroxylation is 3. The Morgan fingerprint density at radius 1 is 1.11 bits per heavy atom. The average Bonchev–Trinajstić information content (AvgIpc) is 2.77. The molecule has 0 aliphatic heterocycles. The molecule has 0 bridgehead atoms. The van der Waals surface area contributed by atoms with Crippen LogP contribution in [0.2, 0.25) is 5.15 Å². The van der Waals surface area contributed by atoms with Gasteiger partial charge >= 0.3 is 0 Å². The van der Waals surface area contributed by atoms with Crippen LogP contribution in [0.1, 0.15) is 16.1 Å². The highest BCUT2D eigenvalue weighted by Crippen LogP contribution is 2.29. The van der Waals surface area contributed by atoms with E-state index in [1.54, 1.807) is 17.5 Å². The average molecular weight is 290 g/mol. The number of hydrogen-bond acceptors (Lipinski definition) is 4. The fourth-order valence-electron chi connectivity index (χ4n) is 2.12. The van der Waals surface area contributed by atoms with Crippen molar-refractivity contribution in [1.29, 1.82) is 0 Å². The molecule has 0 aliphatic carbocycles. The quantitative estimate of drug-likeness (QED) is 0.626. The summed E-state index contributed by atoms with van der Waals surface area (Å²) < 4.78 is 0. The predicted octanol–water partition coefficient (Wildman–Crippen LogP) is 4.33. The minimum atomic E-state index is 0.498. The van der Waals surface area contributed by atoms with E-state index in [1.807, 2.05) is 26.8 Å². The van der Waals surface area contributed by atoms with E-state index in [9.17, 15) is 0 Å². The van der Waals surface area contributed by atoms with E-state index in [-0.39, 0.29) is 0 Å². The first-order chi connectivity index (χ1) is 9.04. The monoisotopic (exact) mass is 289 g/mol. The molecule has 0 aliphatic rings. The van der Waals surface area contributed by atoms with E-state index in [2.05, 4.69) is 21.0 Å². The van der Waals surface area contributed by atoms with Crippen LogP contribution in [0.15, 0.2) is 18.3 Å². The van der Waals surface area contributed by atoms with Gasteiger partial charge in [-0.1, -0.05) is 23.2 Å². The van der Waals surface area contributed by atoms with E-state index in [4.69, 9.17) is 11.6 Å². The lowest BCUT2D eigenvalue weighted by Gasteiger charge is -2.06. The van der Waals surface area contributed by atoms with Crippen molar-refractivity contribution in [3.05, 3.63) is 39.6 Å². The molecule has 96 valence electrons. The Bertz CT molecular complexity index is 780. The van der Waals surface area contributed by atoms with Gasteiger partial charge in [-0.25, -0.2) is 15.0 Å². The Morgan fingerprint density at radius 3 is 2.58 bits per heavy atom. The van der Waals surface area contributed by atoms with Gasteiger partial charge in [0.1, 0.15) is 5.15 Å². The van der Waals surface area contributed by atoms with E-state index in [0.717, 1.165) is 31.9 Å². The second-order valence-electron chi connectivity index (χ2n) is 4.56. The summed E-state index contributed by atoms with van der Waals surface area (Å²) in [6, 6.07) is 4.12. The third-order valence-corrected chi connectivity index (χ3v) is 4.13. The molecule has 0 N–H and O–H groups in total. The highest BCUT2D eigenvalue weighted by Gasteiger charge is 2.12. The predicted molar refractivity (Wildman–Crippen MR) is 79.9 cm³/mol. The Morgan fingerprint density at radius 2 is 1.89 bits per heavy atom. The van der Waals surface area contributed by atoms with Gasteiger partial charge in [-0.2, -0.15) is 0 Å². The Balaban J connectivity index is 2.30. The van der Waals surface area contributed by atoms with Gasteiger partial charge < -0.3 is 0 Å². The molecule has 2 heterocycles. The van der Waals surface area contributed by atoms with Crippen LogP contribution in [0.5, 0.6) is 0 Å². The molecule has 0 saturated carbocycles. The number of rotatable bonds is 1. The lowest BCUT2D eigenvalue weighted by molar-refractivity contribution is 1.21. The molecular weight excluding hydrogens is 278 g/mol. The first-order valence-electron chi connectivity index (χ1n) is 5.92. The van der Waals surface area contributed by atoms with Crippen molar-refractivity contribution >= 4 is 33.8 Å². The van der Waals surface area contributed by atoms with Crippen molar-refractivity contribution in [2.45, 2.75) is 20.8 Å². The molecule has 3 rings (SSSR count). The van der Waals surface area contributed by atoms with Crippen molar-refractivity contribution in [2.75, 3.05) is 0 Å². The van der Waals surface area contributed by atoms with Crippen molar-refractivity contribution in [1.82, 2.24) is 15.0 Å². The Hall–Kier alpha value is -1.52. The van der Waals surface area contributed by atoms with Crippen LogP contribution in [-0.2, 0) is 0 Å². The fraction of sp³-hybridized carbons (Fsp3) is 0.214. The molecule has 3 nitrogen and oxygen atoms in total. The van der Waals surface area contributed by atoms with Crippen LogP contribution in [0, 0.1) is 20.8 Å². The van der Waals surface area contributed by atoms with Gasteiger partial charge in [0, 0.05) is 11.6 Å². The third-order valence-electron chi connectivity index (χ3n) is 2.93. The van der Waals surface area contributed by atoms with E-state index < -0.39 is 0 Å². The molecule has 0 fully saturated rings. The molecular formula is C14H12ClN3S. The topological polar surface area (TPSA) is 38.7 Å². The summed E-state index contributed by atoms with van der Waals surface area (Å²) in [5, 5.41) is 2.40. The summed E-state index contributed by atoms with van der Waals surface area (Å²) in [5.41, 5.74) is 3.19. The van der Waals surface area contributed by atoms with Crippen LogP contribution in [0.4, 0.5) is 0 Å². The molecule has 0 unspecified atom stereocenters. The Kier molecular flexibility index (Phi) is 2.99. The molecule has 0 saturated heterocycles. The number of aromatic nitrogens is 3. The zero-order chi connectivity index (χ0) is 13.6. The molecule has 3 aromatic rings. The van der Waals surface area contributed by atoms with Crippen LogP contribution in [0.25, 0.3) is 21.6 Å². The van der Waals surface area contributed by atoms with Crippen LogP contribution >= 0.6 is 22.9 Å². The summed E-state index contributed by atoms with van der Waals surface area (Å²) >= 11 is 7.87. The second kappa shape index (κ2) is 4.54. The summed E-state index contributed by atoms with van der Waals surface area (Å²) in [6.45, 7) is 6.05. The molecule has 5 heteroatoms. The number of thiazole rings is 1. The maximum atomic E-state index is 6.30. The van der Waals surface area contributed by atoms with E-state index in [0.29, 0.717) is 11.0 Å². The smallest absolute Gasteiger partial charge is 0.173 e. The fourth-order valence-corrected chi connectivity index (χ4v) is 3.06. The van der Waals surface area contributed by atoms with Crippen LogP contribution in [-0.4, -0.2) is 15.0 Å². The second-order valence-corrected chi connectivity index (χ2v) is 6.15. The molecule has 0 radical (unpaired) electrons. The number of fused-ring (bicyclic) bond motifs is 1. The van der Waals surface area contributed by atoms with Gasteiger partial charge in [0.2, 0.25) is 0 Å². The first-order valence-corrected chi connectivity index (χ1v) is 7.11. The summed E-state index contributed by atoms with van der Waals surface area (Å²) in [4.78, 5) is 14.2. The summed E-state index contributed by atoms with van der Waals surface area (Å²) in [6.07, 6.45) is 1.79. The van der Waals surface area contributed by atoms with Gasteiger partial charge in [0.15, 0.2) is 5.82 Å². The lowest BCUT2D eigenvalue weighted by atomic mass is 10.1. The maximum absolute atomic E-state index is 6.30. The van der Waals surface area contributed by atoms with Crippen LogP contribution < -0.4 is 0 Å². The van der Waals surface area contributed by atoms with E-state index >= 15 is 0 Å². The zero-order valence-electron chi connectivity index (χ0n) is 10.9. The third kappa shape index (κ3) is 2.22. The van der Waals surface area contributed by atoms with Crippen LogP contribution in [0.3, 0.4) is 0 Å². The molecule has 0 atom stereocenters. The maximum Gasteiger partial charge on any atom is 0.173 e. The molecule has 1 aromatic carbocycles. The largest absolute Gasteiger partial charge is 0.249 e. The number of halogens is 1.